The molecular weight excluding hydrogens is 164 g/mol. The summed E-state index contributed by atoms with van der Waals surface area (Å²) in [4.78, 5) is 13.8. The molecule has 3 nitrogen and oxygen atoms in total. The van der Waals surface area contributed by atoms with Crippen LogP contribution in [0.5, 0.6) is 0 Å². The molecule has 2 aromatic rings. The van der Waals surface area contributed by atoms with Crippen LogP contribution in [0.4, 0.5) is 0 Å². The van der Waals surface area contributed by atoms with E-state index in [1.165, 1.54) is 0 Å². The predicted octanol–water partition coefficient (Wildman–Crippen LogP) is 1.20. The maximum absolute atomic E-state index is 10.7. The van der Waals surface area contributed by atoms with Gasteiger partial charge in [0.2, 0.25) is 5.91 Å². The summed E-state index contributed by atoms with van der Waals surface area (Å²) in [6, 6.07) is 7.76. The molecule has 0 fully saturated rings. The van der Waals surface area contributed by atoms with E-state index in [1.807, 2.05) is 30.5 Å². The smallest absolute Gasteiger partial charge is 0.221 e. The molecule has 1 heterocycles. The summed E-state index contributed by atoms with van der Waals surface area (Å²) < 4.78 is 0. The molecule has 0 aliphatic heterocycles. The average molecular weight is 174 g/mol. The first-order chi connectivity index (χ1) is 6.27. The Balaban J connectivity index is 2.54. The van der Waals surface area contributed by atoms with Crippen LogP contribution >= 0.6 is 0 Å². The molecule has 0 saturated carbocycles. The predicted molar refractivity (Wildman–Crippen MR) is 51.2 cm³/mol. The van der Waals surface area contributed by atoms with Crippen molar-refractivity contribution in [1.82, 2.24) is 4.98 Å². The number of aromatic nitrogens is 1. The molecule has 0 atom stereocenters. The number of carbonyl (C=O) groups is 1. The molecule has 3 heteroatoms. The van der Waals surface area contributed by atoms with Crippen LogP contribution in [0.25, 0.3) is 10.9 Å². The van der Waals surface area contributed by atoms with Crippen molar-refractivity contribution in [3.63, 3.8) is 0 Å². The number of H-pyrrole nitrogens is 1. The fourth-order valence-electron chi connectivity index (χ4n) is 1.49. The lowest BCUT2D eigenvalue weighted by molar-refractivity contribution is -0.117. The van der Waals surface area contributed by atoms with Crippen LogP contribution in [0.2, 0.25) is 0 Å². The highest BCUT2D eigenvalue weighted by Gasteiger charge is 2.03. The van der Waals surface area contributed by atoms with Crippen LogP contribution in [0.1, 0.15) is 5.56 Å². The Morgan fingerprint density at radius 3 is 3.00 bits per heavy atom. The van der Waals surface area contributed by atoms with Gasteiger partial charge < -0.3 is 10.7 Å². The van der Waals surface area contributed by atoms with Gasteiger partial charge in [-0.25, -0.2) is 0 Å². The molecule has 0 bridgehead atoms. The van der Waals surface area contributed by atoms with Gasteiger partial charge in [0, 0.05) is 17.1 Å². The number of nitrogens with two attached hydrogens (primary N) is 1. The van der Waals surface area contributed by atoms with Gasteiger partial charge in [-0.15, -0.1) is 0 Å². The number of hydrogen-bond acceptors (Lipinski definition) is 1. The van der Waals surface area contributed by atoms with E-state index in [2.05, 4.69) is 4.98 Å². The Morgan fingerprint density at radius 2 is 2.23 bits per heavy atom. The van der Waals surface area contributed by atoms with E-state index < -0.39 is 0 Å². The van der Waals surface area contributed by atoms with Crippen molar-refractivity contribution in [3.05, 3.63) is 36.0 Å². The van der Waals surface area contributed by atoms with Gasteiger partial charge in [-0.3, -0.25) is 4.79 Å². The molecule has 0 spiro atoms. The first-order valence-electron chi connectivity index (χ1n) is 4.10. The second-order valence-electron chi connectivity index (χ2n) is 3.00. The highest BCUT2D eigenvalue weighted by atomic mass is 16.1. The summed E-state index contributed by atoms with van der Waals surface area (Å²) in [5.41, 5.74) is 7.15. The molecule has 1 aromatic carbocycles. The number of nitrogens with one attached hydrogen (secondary N) is 1. The third kappa shape index (κ3) is 1.40. The fraction of sp³-hybridized carbons (Fsp3) is 0.100. The van der Waals surface area contributed by atoms with Crippen LogP contribution in [0, 0.1) is 0 Å². The molecule has 1 amide bonds. The fourth-order valence-corrected chi connectivity index (χ4v) is 1.49. The Bertz CT molecular complexity index is 445. The van der Waals surface area contributed by atoms with E-state index in [4.69, 9.17) is 5.73 Å². The number of hydrogen-bond donors (Lipinski definition) is 2. The van der Waals surface area contributed by atoms with E-state index in [1.54, 1.807) is 0 Å². The Morgan fingerprint density at radius 1 is 1.38 bits per heavy atom. The monoisotopic (exact) mass is 174 g/mol. The van der Waals surface area contributed by atoms with Gasteiger partial charge in [0.25, 0.3) is 0 Å². The lowest BCUT2D eigenvalue weighted by atomic mass is 10.1. The van der Waals surface area contributed by atoms with Gasteiger partial charge in [0.1, 0.15) is 0 Å². The number of primary amides is 1. The normalized spacial score (nSPS) is 10.5. The van der Waals surface area contributed by atoms with Gasteiger partial charge in [-0.1, -0.05) is 12.1 Å². The third-order valence-corrected chi connectivity index (χ3v) is 2.05. The van der Waals surface area contributed by atoms with Crippen LogP contribution < -0.4 is 5.73 Å². The van der Waals surface area contributed by atoms with Crippen molar-refractivity contribution >= 4 is 16.8 Å². The zero-order chi connectivity index (χ0) is 9.26. The zero-order valence-corrected chi connectivity index (χ0v) is 7.08. The van der Waals surface area contributed by atoms with Crippen molar-refractivity contribution in [2.24, 2.45) is 5.73 Å². The number of benzene rings is 1. The Hall–Kier alpha value is -1.77. The van der Waals surface area contributed by atoms with Crippen molar-refractivity contribution in [1.29, 1.82) is 0 Å². The SMILES string of the molecule is NC(=O)Cc1cccc2[nH]ccc12. The second kappa shape index (κ2) is 2.94. The largest absolute Gasteiger partial charge is 0.369 e. The average Bonchev–Trinajstić information content (AvgIpc) is 2.51. The summed E-state index contributed by atoms with van der Waals surface area (Å²) in [5, 5.41) is 1.07. The van der Waals surface area contributed by atoms with E-state index in [9.17, 15) is 4.79 Å². The highest BCUT2D eigenvalue weighted by molar-refractivity contribution is 5.87. The summed E-state index contributed by atoms with van der Waals surface area (Å²) in [5.74, 6) is -0.297. The second-order valence-corrected chi connectivity index (χ2v) is 3.00. The summed E-state index contributed by atoms with van der Waals surface area (Å²) in [7, 11) is 0. The van der Waals surface area contributed by atoms with Crippen LogP contribution in [-0.2, 0) is 11.2 Å². The molecule has 3 N–H and O–H groups in total. The quantitative estimate of drug-likeness (QED) is 0.706. The molecule has 0 saturated heterocycles. The van der Waals surface area contributed by atoms with Gasteiger partial charge in [-0.05, 0) is 17.7 Å². The summed E-state index contributed by atoms with van der Waals surface area (Å²) in [6.07, 6.45) is 2.16. The van der Waals surface area contributed by atoms with Crippen LogP contribution in [-0.4, -0.2) is 10.9 Å². The van der Waals surface area contributed by atoms with Crippen molar-refractivity contribution in [2.75, 3.05) is 0 Å². The molecule has 1 aromatic heterocycles. The first kappa shape index (κ1) is 7.86. The summed E-state index contributed by atoms with van der Waals surface area (Å²) >= 11 is 0. The lowest BCUT2D eigenvalue weighted by Gasteiger charge is -1.98. The standard InChI is InChI=1S/C10H10N2O/c11-10(13)6-7-2-1-3-9-8(7)4-5-12-9/h1-5,12H,6H2,(H2,11,13). The van der Waals surface area contributed by atoms with Crippen molar-refractivity contribution in [2.45, 2.75) is 6.42 Å². The van der Waals surface area contributed by atoms with Crippen molar-refractivity contribution < 1.29 is 4.79 Å². The Kier molecular flexibility index (Phi) is 1.77. The Labute approximate surface area is 75.6 Å². The minimum atomic E-state index is -0.297. The van der Waals surface area contributed by atoms with E-state index in [0.717, 1.165) is 16.5 Å². The molecule has 13 heavy (non-hydrogen) atoms. The highest BCUT2D eigenvalue weighted by Crippen LogP contribution is 2.17. The molecule has 0 radical (unpaired) electrons. The molecule has 0 aliphatic carbocycles. The number of aromatic amines is 1. The minimum absolute atomic E-state index is 0.297. The van der Waals surface area contributed by atoms with E-state index >= 15 is 0 Å². The minimum Gasteiger partial charge on any atom is -0.369 e. The van der Waals surface area contributed by atoms with Crippen LogP contribution in [0.3, 0.4) is 0 Å². The van der Waals surface area contributed by atoms with Gasteiger partial charge in [-0.2, -0.15) is 0 Å². The maximum Gasteiger partial charge on any atom is 0.221 e. The zero-order valence-electron chi connectivity index (χ0n) is 7.08. The van der Waals surface area contributed by atoms with E-state index in [0.29, 0.717) is 6.42 Å². The van der Waals surface area contributed by atoms with E-state index in [-0.39, 0.29) is 5.91 Å². The number of fused-ring (bicyclic) bond motifs is 1. The first-order valence-corrected chi connectivity index (χ1v) is 4.10. The number of rotatable bonds is 2. The van der Waals surface area contributed by atoms with Crippen molar-refractivity contribution in [3.8, 4) is 0 Å². The molecule has 0 unspecified atom stereocenters. The molecule has 66 valence electrons. The molecule has 2 rings (SSSR count). The number of carbonyl (C=O) groups excluding carboxylic acids is 1. The van der Waals surface area contributed by atoms with Gasteiger partial charge >= 0.3 is 0 Å². The lowest BCUT2D eigenvalue weighted by Crippen LogP contribution is -2.13. The molecular formula is C10H10N2O. The summed E-state index contributed by atoms with van der Waals surface area (Å²) in [6.45, 7) is 0. The maximum atomic E-state index is 10.7. The molecule has 0 aliphatic rings. The third-order valence-electron chi connectivity index (χ3n) is 2.05. The van der Waals surface area contributed by atoms with Gasteiger partial charge in [0.15, 0.2) is 0 Å². The van der Waals surface area contributed by atoms with Crippen LogP contribution in [0.15, 0.2) is 30.5 Å². The van der Waals surface area contributed by atoms with Gasteiger partial charge in [0.05, 0.1) is 6.42 Å². The topological polar surface area (TPSA) is 58.9 Å². The number of amides is 1.